The number of carboxylic acid groups (broad SMARTS) is 1. The SMILES string of the molecule is C=CCCSc1ccc(C(=O)O)cc1. The summed E-state index contributed by atoms with van der Waals surface area (Å²) < 4.78 is 0. The molecule has 0 aliphatic rings. The molecular weight excluding hydrogens is 196 g/mol. The Hall–Kier alpha value is -1.22. The molecule has 3 heteroatoms. The number of allylic oxidation sites excluding steroid dienone is 1. The highest BCUT2D eigenvalue weighted by molar-refractivity contribution is 7.99. The number of aromatic carboxylic acids is 1. The second kappa shape index (κ2) is 5.50. The summed E-state index contributed by atoms with van der Waals surface area (Å²) in [7, 11) is 0. The molecule has 0 fully saturated rings. The van der Waals surface area contributed by atoms with Gasteiger partial charge in [-0.1, -0.05) is 6.08 Å². The molecule has 74 valence electrons. The van der Waals surface area contributed by atoms with Gasteiger partial charge in [0.05, 0.1) is 5.56 Å². The lowest BCUT2D eigenvalue weighted by Gasteiger charge is -1.99. The largest absolute Gasteiger partial charge is 0.478 e. The summed E-state index contributed by atoms with van der Waals surface area (Å²) in [5.41, 5.74) is 0.332. The lowest BCUT2D eigenvalue weighted by atomic mass is 10.2. The van der Waals surface area contributed by atoms with E-state index in [2.05, 4.69) is 6.58 Å². The molecule has 0 aromatic heterocycles. The fourth-order valence-corrected chi connectivity index (χ4v) is 1.80. The van der Waals surface area contributed by atoms with Crippen molar-refractivity contribution < 1.29 is 9.90 Å². The van der Waals surface area contributed by atoms with Crippen molar-refractivity contribution in [2.24, 2.45) is 0 Å². The van der Waals surface area contributed by atoms with Gasteiger partial charge in [-0.25, -0.2) is 4.79 Å². The first-order valence-corrected chi connectivity index (χ1v) is 5.29. The number of hydrogen-bond donors (Lipinski definition) is 1. The van der Waals surface area contributed by atoms with Gasteiger partial charge in [-0.05, 0) is 30.7 Å². The molecule has 1 rings (SSSR count). The fraction of sp³-hybridized carbons (Fsp3) is 0.182. The minimum absolute atomic E-state index is 0.332. The monoisotopic (exact) mass is 208 g/mol. The van der Waals surface area contributed by atoms with Crippen molar-refractivity contribution in [1.82, 2.24) is 0 Å². The van der Waals surface area contributed by atoms with Crippen molar-refractivity contribution in [1.29, 1.82) is 0 Å². The number of carboxylic acids is 1. The van der Waals surface area contributed by atoms with Crippen molar-refractivity contribution in [2.75, 3.05) is 5.75 Å². The molecule has 1 aromatic rings. The zero-order valence-electron chi connectivity index (χ0n) is 7.77. The Morgan fingerprint density at radius 2 is 2.07 bits per heavy atom. The van der Waals surface area contributed by atoms with Crippen LogP contribution in [0.25, 0.3) is 0 Å². The van der Waals surface area contributed by atoms with Crippen LogP contribution < -0.4 is 0 Å². The molecule has 0 spiro atoms. The maximum atomic E-state index is 10.6. The van der Waals surface area contributed by atoms with Crippen LogP contribution in [0.15, 0.2) is 41.8 Å². The second-order valence-electron chi connectivity index (χ2n) is 2.76. The van der Waals surface area contributed by atoms with E-state index in [9.17, 15) is 4.79 Å². The van der Waals surface area contributed by atoms with E-state index in [1.54, 1.807) is 23.9 Å². The minimum atomic E-state index is -0.882. The van der Waals surface area contributed by atoms with E-state index in [1.807, 2.05) is 18.2 Å². The summed E-state index contributed by atoms with van der Waals surface area (Å²) >= 11 is 1.70. The van der Waals surface area contributed by atoms with Gasteiger partial charge in [-0.3, -0.25) is 0 Å². The Bertz CT molecular complexity index is 317. The van der Waals surface area contributed by atoms with Crippen molar-refractivity contribution in [2.45, 2.75) is 11.3 Å². The Morgan fingerprint density at radius 3 is 2.57 bits per heavy atom. The summed E-state index contributed by atoms with van der Waals surface area (Å²) in [5, 5.41) is 8.67. The lowest BCUT2D eigenvalue weighted by Crippen LogP contribution is -1.94. The molecule has 0 saturated carbocycles. The van der Waals surface area contributed by atoms with E-state index in [-0.39, 0.29) is 0 Å². The van der Waals surface area contributed by atoms with Gasteiger partial charge in [0.15, 0.2) is 0 Å². The van der Waals surface area contributed by atoms with Crippen molar-refractivity contribution >= 4 is 17.7 Å². The van der Waals surface area contributed by atoms with Gasteiger partial charge in [0, 0.05) is 10.6 Å². The van der Waals surface area contributed by atoms with Crippen LogP contribution in [0.5, 0.6) is 0 Å². The summed E-state index contributed by atoms with van der Waals surface area (Å²) in [6.07, 6.45) is 2.84. The molecule has 0 amide bonds. The second-order valence-corrected chi connectivity index (χ2v) is 3.92. The third kappa shape index (κ3) is 3.26. The van der Waals surface area contributed by atoms with Crippen LogP contribution in [-0.4, -0.2) is 16.8 Å². The average Bonchev–Trinajstić information content (AvgIpc) is 2.19. The molecule has 0 aliphatic heterocycles. The molecule has 0 heterocycles. The van der Waals surface area contributed by atoms with Crippen LogP contribution in [0.1, 0.15) is 16.8 Å². The first-order valence-electron chi connectivity index (χ1n) is 4.31. The highest BCUT2D eigenvalue weighted by atomic mass is 32.2. The van der Waals surface area contributed by atoms with Crippen LogP contribution in [0.4, 0.5) is 0 Å². The maximum absolute atomic E-state index is 10.6. The van der Waals surface area contributed by atoms with E-state index in [0.717, 1.165) is 17.1 Å². The lowest BCUT2D eigenvalue weighted by molar-refractivity contribution is 0.0697. The van der Waals surface area contributed by atoms with E-state index in [1.165, 1.54) is 0 Å². The highest BCUT2D eigenvalue weighted by Gasteiger charge is 2.01. The molecule has 1 aromatic carbocycles. The summed E-state index contributed by atoms with van der Waals surface area (Å²) in [4.78, 5) is 11.6. The zero-order valence-corrected chi connectivity index (χ0v) is 8.59. The molecule has 1 N–H and O–H groups in total. The van der Waals surface area contributed by atoms with E-state index >= 15 is 0 Å². The number of carbonyl (C=O) groups is 1. The highest BCUT2D eigenvalue weighted by Crippen LogP contribution is 2.19. The third-order valence-electron chi connectivity index (χ3n) is 1.69. The smallest absolute Gasteiger partial charge is 0.335 e. The number of rotatable bonds is 5. The van der Waals surface area contributed by atoms with Crippen LogP contribution in [0, 0.1) is 0 Å². The minimum Gasteiger partial charge on any atom is -0.478 e. The summed E-state index contributed by atoms with van der Waals surface area (Å²) in [5.74, 6) is 0.100. The summed E-state index contributed by atoms with van der Waals surface area (Å²) in [6.45, 7) is 3.64. The molecule has 14 heavy (non-hydrogen) atoms. The Labute approximate surface area is 87.6 Å². The first-order chi connectivity index (χ1) is 6.74. The van der Waals surface area contributed by atoms with Crippen LogP contribution in [0.3, 0.4) is 0 Å². The molecule has 0 unspecified atom stereocenters. The van der Waals surface area contributed by atoms with Gasteiger partial charge in [0.2, 0.25) is 0 Å². The molecule has 2 nitrogen and oxygen atoms in total. The van der Waals surface area contributed by atoms with Crippen LogP contribution in [-0.2, 0) is 0 Å². The van der Waals surface area contributed by atoms with Crippen LogP contribution in [0.2, 0.25) is 0 Å². The standard InChI is InChI=1S/C11H12O2S/c1-2-3-8-14-10-6-4-9(5-7-10)11(12)13/h2,4-7H,1,3,8H2,(H,12,13). The topological polar surface area (TPSA) is 37.3 Å². The Morgan fingerprint density at radius 1 is 1.43 bits per heavy atom. The summed E-state index contributed by atoms with van der Waals surface area (Å²) in [6, 6.07) is 6.91. The van der Waals surface area contributed by atoms with E-state index < -0.39 is 5.97 Å². The van der Waals surface area contributed by atoms with Crippen molar-refractivity contribution in [3.05, 3.63) is 42.5 Å². The van der Waals surface area contributed by atoms with Gasteiger partial charge in [0.1, 0.15) is 0 Å². The Kier molecular flexibility index (Phi) is 4.26. The van der Waals surface area contributed by atoms with E-state index in [4.69, 9.17) is 5.11 Å². The third-order valence-corrected chi connectivity index (χ3v) is 2.74. The molecule has 0 radical (unpaired) electrons. The van der Waals surface area contributed by atoms with Gasteiger partial charge in [0.25, 0.3) is 0 Å². The van der Waals surface area contributed by atoms with Gasteiger partial charge in [-0.15, -0.1) is 18.3 Å². The maximum Gasteiger partial charge on any atom is 0.335 e. The average molecular weight is 208 g/mol. The van der Waals surface area contributed by atoms with Gasteiger partial charge < -0.3 is 5.11 Å². The normalized spacial score (nSPS) is 9.71. The number of hydrogen-bond acceptors (Lipinski definition) is 2. The molecule has 0 bridgehead atoms. The van der Waals surface area contributed by atoms with Gasteiger partial charge >= 0.3 is 5.97 Å². The fourth-order valence-electron chi connectivity index (χ4n) is 0.954. The molecule has 0 saturated heterocycles. The predicted molar refractivity (Wildman–Crippen MR) is 58.9 cm³/mol. The molecular formula is C11H12O2S. The van der Waals surface area contributed by atoms with E-state index in [0.29, 0.717) is 5.56 Å². The zero-order chi connectivity index (χ0) is 10.4. The Balaban J connectivity index is 2.55. The molecule has 0 aliphatic carbocycles. The quantitative estimate of drug-likeness (QED) is 0.459. The van der Waals surface area contributed by atoms with Crippen LogP contribution >= 0.6 is 11.8 Å². The van der Waals surface area contributed by atoms with Crippen molar-refractivity contribution in [3.63, 3.8) is 0 Å². The van der Waals surface area contributed by atoms with Gasteiger partial charge in [-0.2, -0.15) is 0 Å². The predicted octanol–water partition coefficient (Wildman–Crippen LogP) is 3.05. The molecule has 0 atom stereocenters. The number of benzene rings is 1. The van der Waals surface area contributed by atoms with Crippen molar-refractivity contribution in [3.8, 4) is 0 Å². The number of thioether (sulfide) groups is 1. The first kappa shape index (κ1) is 10.9.